The number of piperidine rings is 1. The molecule has 1 aromatic carbocycles. The van der Waals surface area contributed by atoms with Gasteiger partial charge in [-0.15, -0.1) is 0 Å². The molecule has 1 aromatic rings. The van der Waals surface area contributed by atoms with Crippen molar-refractivity contribution in [3.05, 3.63) is 29.8 Å². The number of methoxy groups -OCH3 is 1. The Balaban J connectivity index is 1.38. The molecule has 148 valence electrons. The van der Waals surface area contributed by atoms with E-state index in [1.54, 1.807) is 19.2 Å². The van der Waals surface area contributed by atoms with Crippen molar-refractivity contribution in [1.82, 2.24) is 10.2 Å². The van der Waals surface area contributed by atoms with Gasteiger partial charge >= 0.3 is 0 Å². The van der Waals surface area contributed by atoms with E-state index < -0.39 is 0 Å². The Hall–Kier alpha value is -2.04. The highest BCUT2D eigenvalue weighted by Gasteiger charge is 2.25. The highest BCUT2D eigenvalue weighted by molar-refractivity contribution is 5.94. The number of likely N-dealkylation sites (tertiary alicyclic amines) is 1. The number of hydrogen-bond acceptors (Lipinski definition) is 3. The third kappa shape index (κ3) is 5.72. The molecule has 1 heterocycles. The van der Waals surface area contributed by atoms with Gasteiger partial charge in [0, 0.05) is 31.1 Å². The van der Waals surface area contributed by atoms with Crippen LogP contribution in [-0.4, -0.2) is 43.0 Å². The van der Waals surface area contributed by atoms with Crippen molar-refractivity contribution in [2.45, 2.75) is 63.8 Å². The van der Waals surface area contributed by atoms with E-state index in [4.69, 9.17) is 4.74 Å². The Kier molecular flexibility index (Phi) is 7.13. The number of amides is 2. The molecule has 27 heavy (non-hydrogen) atoms. The highest BCUT2D eigenvalue weighted by atomic mass is 16.5. The summed E-state index contributed by atoms with van der Waals surface area (Å²) in [5.41, 5.74) is 0.686. The summed E-state index contributed by atoms with van der Waals surface area (Å²) < 4.78 is 5.14. The zero-order valence-corrected chi connectivity index (χ0v) is 16.4. The molecule has 5 nitrogen and oxygen atoms in total. The van der Waals surface area contributed by atoms with Gasteiger partial charge in [0.05, 0.1) is 7.11 Å². The lowest BCUT2D eigenvalue weighted by atomic mass is 9.86. The zero-order chi connectivity index (χ0) is 19.1. The first-order valence-electron chi connectivity index (χ1n) is 10.4. The minimum atomic E-state index is 0.0553. The van der Waals surface area contributed by atoms with Crippen LogP contribution >= 0.6 is 0 Å². The third-order valence-corrected chi connectivity index (χ3v) is 5.99. The molecule has 3 rings (SSSR count). The van der Waals surface area contributed by atoms with E-state index in [0.29, 0.717) is 25.1 Å². The number of ether oxygens (including phenoxy) is 1. The summed E-state index contributed by atoms with van der Waals surface area (Å²) in [6, 6.07) is 7.43. The second kappa shape index (κ2) is 9.77. The van der Waals surface area contributed by atoms with Gasteiger partial charge < -0.3 is 15.0 Å². The Bertz CT molecular complexity index is 615. The molecule has 2 fully saturated rings. The second-order valence-electron chi connectivity index (χ2n) is 7.91. The first-order valence-corrected chi connectivity index (χ1v) is 10.4. The fraction of sp³-hybridized carbons (Fsp3) is 0.636. The van der Waals surface area contributed by atoms with E-state index in [0.717, 1.165) is 30.9 Å². The topological polar surface area (TPSA) is 58.6 Å². The predicted molar refractivity (Wildman–Crippen MR) is 106 cm³/mol. The Morgan fingerprint density at radius 3 is 2.33 bits per heavy atom. The predicted octanol–water partition coefficient (Wildman–Crippen LogP) is 3.78. The van der Waals surface area contributed by atoms with Crippen LogP contribution in [0.3, 0.4) is 0 Å². The molecule has 0 atom stereocenters. The van der Waals surface area contributed by atoms with Gasteiger partial charge in [-0.05, 0) is 49.4 Å². The van der Waals surface area contributed by atoms with Gasteiger partial charge in [-0.25, -0.2) is 0 Å². The average Bonchev–Trinajstić information content (AvgIpc) is 2.73. The van der Waals surface area contributed by atoms with Gasteiger partial charge in [0.25, 0.3) is 5.91 Å². The maximum atomic E-state index is 12.6. The van der Waals surface area contributed by atoms with E-state index in [1.807, 2.05) is 17.0 Å². The number of nitrogens with zero attached hydrogens (tertiary/aromatic N) is 1. The molecule has 1 aliphatic heterocycles. The first-order chi connectivity index (χ1) is 13.2. The van der Waals surface area contributed by atoms with Crippen molar-refractivity contribution >= 4 is 11.8 Å². The quantitative estimate of drug-likeness (QED) is 0.827. The number of nitrogens with one attached hydrogen (secondary N) is 1. The van der Waals surface area contributed by atoms with Crippen molar-refractivity contribution in [3.8, 4) is 5.75 Å². The maximum Gasteiger partial charge on any atom is 0.253 e. The molecule has 1 saturated heterocycles. The summed E-state index contributed by atoms with van der Waals surface area (Å²) in [7, 11) is 1.62. The number of rotatable bonds is 6. The van der Waals surface area contributed by atoms with Gasteiger partial charge in [0.15, 0.2) is 0 Å². The normalized spacial score (nSPS) is 18.9. The standard InChI is InChI=1S/C22H32N2O3/c1-27-20-10-8-18(9-11-20)22(26)24-15-13-19(14-16-24)23-21(25)12-7-17-5-3-2-4-6-17/h8-11,17,19H,2-7,12-16H2,1H3,(H,23,25). The molecular weight excluding hydrogens is 340 g/mol. The number of hydrogen-bond donors (Lipinski definition) is 1. The highest BCUT2D eigenvalue weighted by Crippen LogP contribution is 2.27. The molecule has 0 spiro atoms. The van der Waals surface area contributed by atoms with E-state index in [-0.39, 0.29) is 17.9 Å². The lowest BCUT2D eigenvalue weighted by Gasteiger charge is -2.32. The van der Waals surface area contributed by atoms with Gasteiger partial charge in [-0.1, -0.05) is 32.1 Å². The summed E-state index contributed by atoms with van der Waals surface area (Å²) in [5, 5.41) is 3.18. The van der Waals surface area contributed by atoms with Crippen LogP contribution in [0.5, 0.6) is 5.75 Å². The number of benzene rings is 1. The van der Waals surface area contributed by atoms with Crippen LogP contribution in [0.25, 0.3) is 0 Å². The van der Waals surface area contributed by atoms with Gasteiger partial charge in [0.1, 0.15) is 5.75 Å². The first kappa shape index (κ1) is 19.7. The lowest BCUT2D eigenvalue weighted by molar-refractivity contribution is -0.122. The van der Waals surface area contributed by atoms with Crippen molar-refractivity contribution in [3.63, 3.8) is 0 Å². The summed E-state index contributed by atoms with van der Waals surface area (Å²) >= 11 is 0. The van der Waals surface area contributed by atoms with Crippen molar-refractivity contribution in [1.29, 1.82) is 0 Å². The minimum Gasteiger partial charge on any atom is -0.497 e. The molecule has 0 aromatic heterocycles. The molecule has 2 aliphatic rings. The van der Waals surface area contributed by atoms with Crippen LogP contribution in [0.1, 0.15) is 68.1 Å². The minimum absolute atomic E-state index is 0.0553. The average molecular weight is 373 g/mol. The number of carbonyl (C=O) groups is 2. The van der Waals surface area contributed by atoms with Crippen LogP contribution < -0.4 is 10.1 Å². The lowest BCUT2D eigenvalue weighted by Crippen LogP contribution is -2.46. The monoisotopic (exact) mass is 372 g/mol. The molecule has 1 N–H and O–H groups in total. The van der Waals surface area contributed by atoms with Crippen LogP contribution in [-0.2, 0) is 4.79 Å². The van der Waals surface area contributed by atoms with Crippen LogP contribution in [0.15, 0.2) is 24.3 Å². The Morgan fingerprint density at radius 2 is 1.70 bits per heavy atom. The molecule has 0 bridgehead atoms. The molecule has 0 radical (unpaired) electrons. The smallest absolute Gasteiger partial charge is 0.253 e. The summed E-state index contributed by atoms with van der Waals surface area (Å²) in [6.07, 6.45) is 9.93. The van der Waals surface area contributed by atoms with Gasteiger partial charge in [-0.3, -0.25) is 9.59 Å². The van der Waals surface area contributed by atoms with Crippen LogP contribution in [0.4, 0.5) is 0 Å². The van der Waals surface area contributed by atoms with Crippen LogP contribution in [0, 0.1) is 5.92 Å². The van der Waals surface area contributed by atoms with E-state index >= 15 is 0 Å². The molecule has 2 amide bonds. The molecule has 5 heteroatoms. The van der Waals surface area contributed by atoms with Crippen molar-refractivity contribution in [2.75, 3.05) is 20.2 Å². The van der Waals surface area contributed by atoms with Crippen LogP contribution in [0.2, 0.25) is 0 Å². The number of carbonyl (C=O) groups excluding carboxylic acids is 2. The molecule has 1 saturated carbocycles. The van der Waals surface area contributed by atoms with Crippen molar-refractivity contribution < 1.29 is 14.3 Å². The van der Waals surface area contributed by atoms with E-state index in [2.05, 4.69) is 5.32 Å². The molecule has 1 aliphatic carbocycles. The Morgan fingerprint density at radius 1 is 1.04 bits per heavy atom. The largest absolute Gasteiger partial charge is 0.497 e. The van der Waals surface area contributed by atoms with E-state index in [9.17, 15) is 9.59 Å². The fourth-order valence-corrected chi connectivity index (χ4v) is 4.25. The summed E-state index contributed by atoms with van der Waals surface area (Å²) in [6.45, 7) is 1.39. The summed E-state index contributed by atoms with van der Waals surface area (Å²) in [5.74, 6) is 1.73. The van der Waals surface area contributed by atoms with E-state index in [1.165, 1.54) is 32.1 Å². The molecular formula is C22H32N2O3. The van der Waals surface area contributed by atoms with Gasteiger partial charge in [0.2, 0.25) is 5.91 Å². The zero-order valence-electron chi connectivity index (χ0n) is 16.4. The summed E-state index contributed by atoms with van der Waals surface area (Å²) in [4.78, 5) is 26.7. The molecule has 0 unspecified atom stereocenters. The maximum absolute atomic E-state index is 12.6. The second-order valence-corrected chi connectivity index (χ2v) is 7.91. The van der Waals surface area contributed by atoms with Crippen molar-refractivity contribution in [2.24, 2.45) is 5.92 Å². The third-order valence-electron chi connectivity index (χ3n) is 5.99. The fourth-order valence-electron chi connectivity index (χ4n) is 4.25. The Labute approximate surface area is 162 Å². The SMILES string of the molecule is COc1ccc(C(=O)N2CCC(NC(=O)CCC3CCCCC3)CC2)cc1. The van der Waals surface area contributed by atoms with Gasteiger partial charge in [-0.2, -0.15) is 0 Å².